The number of aliphatic hydroxyl groups is 1. The fourth-order valence-electron chi connectivity index (χ4n) is 7.96. The van der Waals surface area contributed by atoms with Gasteiger partial charge in [0.2, 0.25) is 5.56 Å². The van der Waals surface area contributed by atoms with Crippen LogP contribution in [0.25, 0.3) is 10.9 Å². The normalized spacial score (nSPS) is 20.5. The number of nitrogens with one attached hydrogen (secondary N) is 3. The molecule has 3 unspecified atom stereocenters. The molecule has 3 aliphatic heterocycles. The van der Waals surface area contributed by atoms with Crippen LogP contribution in [-0.2, 0) is 5.54 Å². The van der Waals surface area contributed by atoms with Gasteiger partial charge in [0, 0.05) is 30.5 Å². The lowest BCUT2D eigenvalue weighted by Crippen LogP contribution is -2.61. The standard InChI is InChI=1S/C39H48N4O6/c44-34-16-14-31(32-15-17-36(46)41-37(32)34)35(45)25-40-20-7-2-1-3-8-23-49-30-13-9-12-29(24-30)39(42-38(47)48,28-10-5-4-6-11-28)33-26-43-21-18-27(33)19-22-43/h4-6,9-17,24,27,33,35,40,42,44-45H,1-3,7-8,18-23,25-26H2,(H,41,46)(H,47,48). The van der Waals surface area contributed by atoms with E-state index in [9.17, 15) is 24.9 Å². The molecule has 0 radical (unpaired) electrons. The molecule has 0 saturated carbocycles. The molecule has 3 fully saturated rings. The molecule has 260 valence electrons. The summed E-state index contributed by atoms with van der Waals surface area (Å²) in [5.74, 6) is 1.28. The zero-order chi connectivity index (χ0) is 34.2. The number of unbranched alkanes of at least 4 members (excludes halogenated alkanes) is 4. The lowest BCUT2D eigenvalue weighted by atomic mass is 9.63. The van der Waals surface area contributed by atoms with Crippen LogP contribution in [-0.4, -0.2) is 70.6 Å². The summed E-state index contributed by atoms with van der Waals surface area (Å²) in [4.78, 5) is 29.2. The lowest BCUT2D eigenvalue weighted by Gasteiger charge is -2.53. The largest absolute Gasteiger partial charge is 0.506 e. The van der Waals surface area contributed by atoms with Gasteiger partial charge in [-0.2, -0.15) is 0 Å². The van der Waals surface area contributed by atoms with Crippen LogP contribution >= 0.6 is 0 Å². The zero-order valence-electron chi connectivity index (χ0n) is 27.9. The van der Waals surface area contributed by atoms with Crippen molar-refractivity contribution in [2.45, 2.75) is 56.6 Å². The van der Waals surface area contributed by atoms with Gasteiger partial charge < -0.3 is 40.6 Å². The van der Waals surface area contributed by atoms with Crippen LogP contribution in [0.5, 0.6) is 11.5 Å². The minimum Gasteiger partial charge on any atom is -0.506 e. The van der Waals surface area contributed by atoms with E-state index in [1.807, 2.05) is 54.6 Å². The van der Waals surface area contributed by atoms with E-state index < -0.39 is 17.7 Å². The van der Waals surface area contributed by atoms with Crippen molar-refractivity contribution >= 4 is 17.0 Å². The topological polar surface area (TPSA) is 147 Å². The van der Waals surface area contributed by atoms with Crippen LogP contribution in [0.3, 0.4) is 0 Å². The number of aromatic nitrogens is 1. The Labute approximate surface area is 287 Å². The lowest BCUT2D eigenvalue weighted by molar-refractivity contribution is 0.00716. The number of rotatable bonds is 16. The Hall–Kier alpha value is -4.38. The highest BCUT2D eigenvalue weighted by Crippen LogP contribution is 2.47. The number of hydrogen-bond acceptors (Lipinski definition) is 7. The summed E-state index contributed by atoms with van der Waals surface area (Å²) in [5, 5.41) is 38.0. The van der Waals surface area contributed by atoms with E-state index in [2.05, 4.69) is 20.5 Å². The summed E-state index contributed by atoms with van der Waals surface area (Å²) >= 11 is 0. The van der Waals surface area contributed by atoms with Crippen LogP contribution in [0.4, 0.5) is 4.79 Å². The van der Waals surface area contributed by atoms with Gasteiger partial charge in [-0.15, -0.1) is 0 Å². The molecule has 3 aromatic carbocycles. The third kappa shape index (κ3) is 7.93. The molecule has 7 rings (SSSR count). The zero-order valence-corrected chi connectivity index (χ0v) is 27.9. The van der Waals surface area contributed by atoms with E-state index in [1.165, 1.54) is 12.1 Å². The smallest absolute Gasteiger partial charge is 0.405 e. The summed E-state index contributed by atoms with van der Waals surface area (Å²) in [6, 6.07) is 24.2. The van der Waals surface area contributed by atoms with Crippen LogP contribution in [0, 0.1) is 11.8 Å². The van der Waals surface area contributed by atoms with Crippen molar-refractivity contribution in [1.82, 2.24) is 20.5 Å². The third-order valence-corrected chi connectivity index (χ3v) is 10.4. The van der Waals surface area contributed by atoms with Crippen molar-refractivity contribution in [3.63, 3.8) is 0 Å². The van der Waals surface area contributed by atoms with Crippen molar-refractivity contribution in [2.24, 2.45) is 11.8 Å². The Morgan fingerprint density at radius 3 is 2.45 bits per heavy atom. The third-order valence-electron chi connectivity index (χ3n) is 10.4. The van der Waals surface area contributed by atoms with Gasteiger partial charge in [0.15, 0.2) is 0 Å². The van der Waals surface area contributed by atoms with Crippen molar-refractivity contribution < 1.29 is 24.9 Å². The molecule has 0 spiro atoms. The number of fused-ring (bicyclic) bond motifs is 4. The highest BCUT2D eigenvalue weighted by molar-refractivity contribution is 5.87. The minimum absolute atomic E-state index is 0.0201. The van der Waals surface area contributed by atoms with Crippen LogP contribution in [0.2, 0.25) is 0 Å². The first-order chi connectivity index (χ1) is 23.8. The number of hydrogen-bond donors (Lipinski definition) is 6. The first-order valence-electron chi connectivity index (χ1n) is 17.6. The van der Waals surface area contributed by atoms with Gasteiger partial charge in [-0.3, -0.25) is 4.79 Å². The van der Waals surface area contributed by atoms with Crippen LogP contribution in [0.1, 0.15) is 67.7 Å². The van der Waals surface area contributed by atoms with Crippen molar-refractivity contribution in [3.05, 3.63) is 106 Å². The van der Waals surface area contributed by atoms with Gasteiger partial charge in [0.25, 0.3) is 0 Å². The molecular formula is C39H48N4O6. The molecule has 1 aromatic heterocycles. The highest BCUT2D eigenvalue weighted by Gasteiger charge is 2.50. The molecule has 2 bridgehead atoms. The summed E-state index contributed by atoms with van der Waals surface area (Å²) in [6.07, 6.45) is 5.44. The number of pyridine rings is 1. The molecule has 0 aliphatic carbocycles. The number of H-pyrrole nitrogens is 1. The average Bonchev–Trinajstić information content (AvgIpc) is 3.12. The Morgan fingerprint density at radius 2 is 1.69 bits per heavy atom. The number of aromatic hydroxyl groups is 1. The molecule has 49 heavy (non-hydrogen) atoms. The van der Waals surface area contributed by atoms with E-state index in [1.54, 1.807) is 12.1 Å². The number of benzene rings is 3. The second-order valence-corrected chi connectivity index (χ2v) is 13.5. The first-order valence-corrected chi connectivity index (χ1v) is 17.6. The van der Waals surface area contributed by atoms with Crippen molar-refractivity contribution in [2.75, 3.05) is 39.3 Å². The van der Waals surface area contributed by atoms with Crippen LogP contribution in [0.15, 0.2) is 83.7 Å². The predicted octanol–water partition coefficient (Wildman–Crippen LogP) is 5.74. The Morgan fingerprint density at radius 1 is 0.939 bits per heavy atom. The fraction of sp³-hybridized carbons (Fsp3) is 0.436. The summed E-state index contributed by atoms with van der Waals surface area (Å²) in [6.45, 7) is 4.75. The number of amides is 1. The fourth-order valence-corrected chi connectivity index (χ4v) is 7.96. The number of phenols is 1. The minimum atomic E-state index is -1.03. The number of aromatic amines is 1. The SMILES string of the molecule is O=C(O)NC(c1ccccc1)(c1cccc(OCCCCCCCNCC(O)c2ccc(O)c3[nH]c(=O)ccc23)c1)C1CN2CCC1CC2. The molecule has 1 amide bonds. The molecule has 10 nitrogen and oxygen atoms in total. The Kier molecular flexibility index (Phi) is 11.2. The molecular weight excluding hydrogens is 620 g/mol. The van der Waals surface area contributed by atoms with E-state index in [0.717, 1.165) is 88.0 Å². The van der Waals surface area contributed by atoms with E-state index >= 15 is 0 Å². The van der Waals surface area contributed by atoms with Gasteiger partial charge in [-0.25, -0.2) is 4.79 Å². The Bertz CT molecular complexity index is 1760. The molecule has 3 atom stereocenters. The maximum absolute atomic E-state index is 12.4. The van der Waals surface area contributed by atoms with Crippen LogP contribution < -0.4 is 20.9 Å². The van der Waals surface area contributed by atoms with E-state index in [4.69, 9.17) is 4.74 Å². The van der Waals surface area contributed by atoms with Crippen molar-refractivity contribution in [1.29, 1.82) is 0 Å². The van der Waals surface area contributed by atoms with Gasteiger partial charge in [-0.1, -0.05) is 67.8 Å². The second-order valence-electron chi connectivity index (χ2n) is 13.5. The maximum atomic E-state index is 12.4. The average molecular weight is 669 g/mol. The molecule has 3 saturated heterocycles. The number of aliphatic hydroxyl groups excluding tert-OH is 1. The summed E-state index contributed by atoms with van der Waals surface area (Å²) in [7, 11) is 0. The predicted molar refractivity (Wildman–Crippen MR) is 190 cm³/mol. The highest BCUT2D eigenvalue weighted by atomic mass is 16.5. The van der Waals surface area contributed by atoms with Gasteiger partial charge in [0.1, 0.15) is 11.5 Å². The van der Waals surface area contributed by atoms with E-state index in [-0.39, 0.29) is 17.2 Å². The number of carboxylic acid groups (broad SMARTS) is 1. The maximum Gasteiger partial charge on any atom is 0.405 e. The summed E-state index contributed by atoms with van der Waals surface area (Å²) < 4.78 is 6.23. The number of ether oxygens (including phenoxy) is 1. The number of nitrogens with zero attached hydrogens (tertiary/aromatic N) is 1. The molecule has 3 aliphatic rings. The number of phenolic OH excluding ortho intramolecular Hbond substituents is 1. The molecule has 10 heteroatoms. The Balaban J connectivity index is 0.977. The molecule has 4 aromatic rings. The van der Waals surface area contributed by atoms with E-state index in [0.29, 0.717) is 35.5 Å². The number of piperidine rings is 3. The summed E-state index contributed by atoms with van der Waals surface area (Å²) in [5.41, 5.74) is 1.69. The van der Waals surface area contributed by atoms with Gasteiger partial charge >= 0.3 is 6.09 Å². The van der Waals surface area contributed by atoms with Crippen molar-refractivity contribution in [3.8, 4) is 11.5 Å². The quantitative estimate of drug-likeness (QED) is 0.0829. The molecule has 6 N–H and O–H groups in total. The second kappa shape index (κ2) is 15.9. The first kappa shape index (κ1) is 34.5. The van der Waals surface area contributed by atoms with Gasteiger partial charge in [-0.05, 0) is 92.2 Å². The monoisotopic (exact) mass is 668 g/mol. The van der Waals surface area contributed by atoms with Gasteiger partial charge in [0.05, 0.1) is 23.8 Å². The number of carbonyl (C=O) groups is 1. The molecule has 4 heterocycles.